The van der Waals surface area contributed by atoms with Crippen molar-refractivity contribution in [1.82, 2.24) is 0 Å². The van der Waals surface area contributed by atoms with Gasteiger partial charge in [-0.15, -0.1) is 0 Å². The van der Waals surface area contributed by atoms with Crippen molar-refractivity contribution in [2.45, 2.75) is 12.8 Å². The van der Waals surface area contributed by atoms with E-state index in [1.54, 1.807) is 7.11 Å². The maximum atomic E-state index is 10.8. The lowest BCUT2D eigenvalue weighted by Gasteiger charge is -2.26. The fourth-order valence-electron chi connectivity index (χ4n) is 2.51. The minimum absolute atomic E-state index is 0.153. The van der Waals surface area contributed by atoms with Gasteiger partial charge in [-0.3, -0.25) is 4.79 Å². The number of carboxylic acid groups (broad SMARTS) is 1. The molecule has 0 aromatic heterocycles. The second-order valence-electron chi connectivity index (χ2n) is 4.73. The molecule has 1 aliphatic heterocycles. The van der Waals surface area contributed by atoms with Crippen LogP contribution in [0.15, 0.2) is 18.2 Å². The van der Waals surface area contributed by atoms with Crippen LogP contribution in [-0.2, 0) is 4.79 Å². The number of carbonyl (C=O) groups is 1. The Morgan fingerprint density at radius 3 is 2.89 bits per heavy atom. The molecular formula is C14H20N2O3. The van der Waals surface area contributed by atoms with E-state index in [0.717, 1.165) is 36.6 Å². The summed E-state index contributed by atoms with van der Waals surface area (Å²) in [5.41, 5.74) is 2.11. The van der Waals surface area contributed by atoms with Crippen LogP contribution in [0.3, 0.4) is 0 Å². The molecule has 0 saturated heterocycles. The summed E-state index contributed by atoms with van der Waals surface area (Å²) in [5, 5.41) is 8.85. The fourth-order valence-corrected chi connectivity index (χ4v) is 2.51. The number of benzene rings is 1. The number of nitrogens with zero attached hydrogens (tertiary/aromatic N) is 2. The van der Waals surface area contributed by atoms with Crippen molar-refractivity contribution in [3.05, 3.63) is 18.2 Å². The van der Waals surface area contributed by atoms with Crippen LogP contribution in [0.5, 0.6) is 5.75 Å². The van der Waals surface area contributed by atoms with Gasteiger partial charge in [-0.2, -0.15) is 0 Å². The summed E-state index contributed by atoms with van der Waals surface area (Å²) < 4.78 is 5.43. The zero-order chi connectivity index (χ0) is 13.8. The van der Waals surface area contributed by atoms with Crippen molar-refractivity contribution >= 4 is 17.3 Å². The molecule has 0 aliphatic carbocycles. The van der Waals surface area contributed by atoms with Crippen molar-refractivity contribution in [1.29, 1.82) is 0 Å². The minimum atomic E-state index is -0.762. The van der Waals surface area contributed by atoms with Crippen LogP contribution in [0.4, 0.5) is 11.4 Å². The molecule has 5 heteroatoms. The highest BCUT2D eigenvalue weighted by atomic mass is 16.5. The Bertz CT molecular complexity index is 462. The Morgan fingerprint density at radius 1 is 1.42 bits per heavy atom. The summed E-state index contributed by atoms with van der Waals surface area (Å²) in [6.45, 7) is 2.35. The molecule has 104 valence electrons. The van der Waals surface area contributed by atoms with Gasteiger partial charge in [-0.25, -0.2) is 0 Å². The first-order chi connectivity index (χ1) is 9.13. The first-order valence-corrected chi connectivity index (χ1v) is 6.48. The fraction of sp³-hybridized carbons (Fsp3) is 0.500. The first kappa shape index (κ1) is 13.5. The van der Waals surface area contributed by atoms with Gasteiger partial charge in [0.25, 0.3) is 0 Å². The molecular weight excluding hydrogens is 244 g/mol. The highest BCUT2D eigenvalue weighted by Gasteiger charge is 2.21. The molecule has 1 aromatic rings. The molecule has 2 rings (SSSR count). The summed E-state index contributed by atoms with van der Waals surface area (Å²) in [7, 11) is 3.71. The van der Waals surface area contributed by atoms with E-state index >= 15 is 0 Å². The van der Waals surface area contributed by atoms with Crippen LogP contribution in [-0.4, -0.2) is 44.9 Å². The highest BCUT2D eigenvalue weighted by Crippen LogP contribution is 2.39. The maximum absolute atomic E-state index is 10.8. The van der Waals surface area contributed by atoms with Crippen molar-refractivity contribution in [3.63, 3.8) is 0 Å². The van der Waals surface area contributed by atoms with E-state index in [1.807, 2.05) is 25.2 Å². The molecule has 0 radical (unpaired) electrons. The summed E-state index contributed by atoms with van der Waals surface area (Å²) in [6, 6.07) is 5.92. The lowest BCUT2D eigenvalue weighted by molar-refractivity contribution is -0.136. The lowest BCUT2D eigenvalue weighted by Crippen LogP contribution is -2.26. The van der Waals surface area contributed by atoms with Crippen LogP contribution in [0.2, 0.25) is 0 Å². The largest absolute Gasteiger partial charge is 0.495 e. The van der Waals surface area contributed by atoms with E-state index < -0.39 is 5.97 Å². The normalized spacial score (nSPS) is 14.8. The molecule has 5 nitrogen and oxygen atoms in total. The third-order valence-electron chi connectivity index (χ3n) is 3.44. The summed E-state index contributed by atoms with van der Waals surface area (Å²) >= 11 is 0. The average Bonchev–Trinajstić information content (AvgIpc) is 2.56. The summed E-state index contributed by atoms with van der Waals surface area (Å²) in [4.78, 5) is 15.1. The van der Waals surface area contributed by atoms with Gasteiger partial charge < -0.3 is 19.6 Å². The van der Waals surface area contributed by atoms with Gasteiger partial charge in [0.15, 0.2) is 0 Å². The van der Waals surface area contributed by atoms with Gasteiger partial charge >= 0.3 is 5.97 Å². The van der Waals surface area contributed by atoms with Crippen molar-refractivity contribution in [3.8, 4) is 5.75 Å². The van der Waals surface area contributed by atoms with E-state index in [0.29, 0.717) is 6.54 Å². The van der Waals surface area contributed by atoms with Gasteiger partial charge in [0.2, 0.25) is 0 Å². The second kappa shape index (κ2) is 5.82. The molecule has 0 amide bonds. The highest BCUT2D eigenvalue weighted by molar-refractivity contribution is 5.78. The predicted molar refractivity (Wildman–Crippen MR) is 75.3 cm³/mol. The standard InChI is InChI=1S/C14H20N2O3/c1-15-8-4-9-16(10-7-13(17)18)11-5-3-6-12(19-2)14(11)15/h3,5-6H,4,7-10H2,1-2H3,(H,17,18). The quantitative estimate of drug-likeness (QED) is 0.899. The summed E-state index contributed by atoms with van der Waals surface area (Å²) in [6.07, 6.45) is 1.16. The van der Waals surface area contributed by atoms with E-state index in [4.69, 9.17) is 9.84 Å². The van der Waals surface area contributed by atoms with Crippen molar-refractivity contribution in [2.24, 2.45) is 0 Å². The molecule has 0 bridgehead atoms. The molecule has 1 aliphatic rings. The number of para-hydroxylation sites is 1. The number of fused-ring (bicyclic) bond motifs is 1. The van der Waals surface area contributed by atoms with Gasteiger partial charge in [0, 0.05) is 26.7 Å². The molecule has 0 atom stereocenters. The van der Waals surface area contributed by atoms with E-state index in [9.17, 15) is 4.79 Å². The molecule has 0 fully saturated rings. The topological polar surface area (TPSA) is 53.0 Å². The zero-order valence-electron chi connectivity index (χ0n) is 11.4. The van der Waals surface area contributed by atoms with Gasteiger partial charge in [-0.05, 0) is 18.6 Å². The molecule has 1 aromatic carbocycles. The second-order valence-corrected chi connectivity index (χ2v) is 4.73. The smallest absolute Gasteiger partial charge is 0.305 e. The van der Waals surface area contributed by atoms with Crippen LogP contribution in [0.25, 0.3) is 0 Å². The van der Waals surface area contributed by atoms with Gasteiger partial charge in [-0.1, -0.05) is 6.07 Å². The number of aliphatic carboxylic acids is 1. The Balaban J connectivity index is 2.34. The van der Waals surface area contributed by atoms with E-state index in [-0.39, 0.29) is 6.42 Å². The van der Waals surface area contributed by atoms with Crippen LogP contribution >= 0.6 is 0 Å². The molecule has 0 saturated carbocycles. The molecule has 19 heavy (non-hydrogen) atoms. The monoisotopic (exact) mass is 264 g/mol. The SMILES string of the molecule is COc1cccc2c1N(C)CCCN2CCC(=O)O. The van der Waals surface area contributed by atoms with Crippen molar-refractivity contribution < 1.29 is 14.6 Å². The molecule has 1 heterocycles. The number of hydrogen-bond donors (Lipinski definition) is 1. The Kier molecular flexibility index (Phi) is 4.14. The Labute approximate surface area is 113 Å². The molecule has 0 unspecified atom stereocenters. The first-order valence-electron chi connectivity index (χ1n) is 6.48. The Hall–Kier alpha value is -1.91. The van der Waals surface area contributed by atoms with Gasteiger partial charge in [0.05, 0.1) is 19.2 Å². The number of anilines is 2. The third kappa shape index (κ3) is 2.92. The Morgan fingerprint density at radius 2 is 2.21 bits per heavy atom. The number of carboxylic acids is 1. The van der Waals surface area contributed by atoms with Crippen LogP contribution < -0.4 is 14.5 Å². The van der Waals surface area contributed by atoms with Crippen LogP contribution in [0.1, 0.15) is 12.8 Å². The van der Waals surface area contributed by atoms with Gasteiger partial charge in [0.1, 0.15) is 11.4 Å². The molecule has 0 spiro atoms. The number of rotatable bonds is 4. The average molecular weight is 264 g/mol. The predicted octanol–water partition coefficient (Wildman–Crippen LogP) is 1.82. The zero-order valence-corrected chi connectivity index (χ0v) is 11.4. The van der Waals surface area contributed by atoms with Crippen molar-refractivity contribution in [2.75, 3.05) is 43.6 Å². The number of ether oxygens (including phenoxy) is 1. The van der Waals surface area contributed by atoms with Crippen LogP contribution in [0, 0.1) is 0 Å². The lowest BCUT2D eigenvalue weighted by atomic mass is 10.2. The maximum Gasteiger partial charge on any atom is 0.305 e. The third-order valence-corrected chi connectivity index (χ3v) is 3.44. The number of methoxy groups -OCH3 is 1. The molecule has 1 N–H and O–H groups in total. The van der Waals surface area contributed by atoms with E-state index in [1.165, 1.54) is 0 Å². The minimum Gasteiger partial charge on any atom is -0.495 e. The number of hydrogen-bond acceptors (Lipinski definition) is 4. The summed E-state index contributed by atoms with van der Waals surface area (Å²) in [5.74, 6) is 0.0734. The van der Waals surface area contributed by atoms with E-state index in [2.05, 4.69) is 9.80 Å².